The second-order valence-corrected chi connectivity index (χ2v) is 9.05. The second-order valence-electron chi connectivity index (χ2n) is 6.58. The number of rotatable bonds is 6. The van der Waals surface area contributed by atoms with Crippen molar-refractivity contribution in [1.82, 2.24) is 5.32 Å². The summed E-state index contributed by atoms with van der Waals surface area (Å²) in [5.74, 6) is -1.16. The zero-order valence-corrected chi connectivity index (χ0v) is 16.7. The summed E-state index contributed by atoms with van der Waals surface area (Å²) in [7, 11) is -2.21. The Kier molecular flexibility index (Phi) is 6.22. The van der Waals surface area contributed by atoms with Gasteiger partial charge in [0, 0.05) is 5.02 Å². The molecule has 0 bridgehead atoms. The number of ether oxygens (including phenoxy) is 1. The van der Waals surface area contributed by atoms with Gasteiger partial charge in [-0.25, -0.2) is 12.8 Å². The number of hydrogen-bond donors (Lipinski definition) is 2. The van der Waals surface area contributed by atoms with Crippen LogP contribution in [0.5, 0.6) is 5.75 Å². The van der Waals surface area contributed by atoms with Gasteiger partial charge < -0.3 is 15.4 Å². The average molecular weight is 427 g/mol. The van der Waals surface area contributed by atoms with Gasteiger partial charge in [-0.05, 0) is 61.8 Å². The van der Waals surface area contributed by atoms with E-state index in [0.29, 0.717) is 6.54 Å². The molecule has 0 saturated carbocycles. The first-order chi connectivity index (χ1) is 13.3. The van der Waals surface area contributed by atoms with Gasteiger partial charge in [0.1, 0.15) is 11.6 Å². The van der Waals surface area contributed by atoms with Gasteiger partial charge in [-0.3, -0.25) is 4.79 Å². The van der Waals surface area contributed by atoms with E-state index in [-0.39, 0.29) is 38.6 Å². The van der Waals surface area contributed by atoms with Crippen molar-refractivity contribution in [3.63, 3.8) is 0 Å². The van der Waals surface area contributed by atoms with E-state index in [1.54, 1.807) is 0 Å². The minimum absolute atomic E-state index is 0.000793. The maximum absolute atomic E-state index is 14.0. The number of amides is 1. The van der Waals surface area contributed by atoms with Crippen LogP contribution in [0.15, 0.2) is 41.3 Å². The molecule has 1 amide bonds. The molecule has 6 nitrogen and oxygen atoms in total. The van der Waals surface area contributed by atoms with Crippen molar-refractivity contribution in [1.29, 1.82) is 0 Å². The van der Waals surface area contributed by atoms with Crippen LogP contribution in [0.25, 0.3) is 0 Å². The van der Waals surface area contributed by atoms with E-state index in [4.69, 9.17) is 16.3 Å². The topological polar surface area (TPSA) is 84.5 Å². The predicted molar refractivity (Wildman–Crippen MR) is 105 cm³/mol. The molecular formula is C19H20ClFN2O4S. The molecule has 1 saturated heterocycles. The summed E-state index contributed by atoms with van der Waals surface area (Å²) in [5.41, 5.74) is -0.0655. The Morgan fingerprint density at radius 1 is 1.32 bits per heavy atom. The average Bonchev–Trinajstić information content (AvgIpc) is 3.15. The molecule has 1 atom stereocenters. The SMILES string of the molecule is COc1ccc(S(=O)(=O)C[C@H]2CCNC2)cc1C(=O)Nc1ccc(Cl)cc1F. The molecule has 3 rings (SSSR count). The smallest absolute Gasteiger partial charge is 0.259 e. The molecule has 0 unspecified atom stereocenters. The van der Waals surface area contributed by atoms with E-state index < -0.39 is 21.6 Å². The Bertz CT molecular complexity index is 991. The lowest BCUT2D eigenvalue weighted by Crippen LogP contribution is -2.20. The fourth-order valence-corrected chi connectivity index (χ4v) is 4.93. The molecule has 1 fully saturated rings. The van der Waals surface area contributed by atoms with Crippen molar-refractivity contribution in [2.75, 3.05) is 31.3 Å². The quantitative estimate of drug-likeness (QED) is 0.741. The summed E-state index contributed by atoms with van der Waals surface area (Å²) in [6.07, 6.45) is 0.790. The molecule has 2 aromatic carbocycles. The van der Waals surface area contributed by atoms with Crippen molar-refractivity contribution in [3.8, 4) is 5.75 Å². The third-order valence-electron chi connectivity index (χ3n) is 4.57. The molecular weight excluding hydrogens is 407 g/mol. The van der Waals surface area contributed by atoms with Crippen LogP contribution in [0.4, 0.5) is 10.1 Å². The van der Waals surface area contributed by atoms with Gasteiger partial charge in [0.25, 0.3) is 5.91 Å². The van der Waals surface area contributed by atoms with Gasteiger partial charge in [-0.1, -0.05) is 11.6 Å². The summed E-state index contributed by atoms with van der Waals surface area (Å²) in [6, 6.07) is 7.94. The van der Waals surface area contributed by atoms with Crippen LogP contribution >= 0.6 is 11.6 Å². The van der Waals surface area contributed by atoms with Crippen LogP contribution in [0.3, 0.4) is 0 Å². The van der Waals surface area contributed by atoms with Crippen LogP contribution in [0, 0.1) is 11.7 Å². The maximum Gasteiger partial charge on any atom is 0.259 e. The van der Waals surface area contributed by atoms with Crippen LogP contribution in [-0.4, -0.2) is 40.3 Å². The second kappa shape index (κ2) is 8.46. The van der Waals surface area contributed by atoms with Gasteiger partial charge in [0.15, 0.2) is 9.84 Å². The molecule has 9 heteroatoms. The molecule has 2 aromatic rings. The highest BCUT2D eigenvalue weighted by molar-refractivity contribution is 7.91. The number of carbonyl (C=O) groups is 1. The summed E-state index contributed by atoms with van der Waals surface area (Å²) in [5, 5.41) is 5.76. The van der Waals surface area contributed by atoms with Crippen LogP contribution < -0.4 is 15.4 Å². The number of benzene rings is 2. The molecule has 0 aromatic heterocycles. The first-order valence-corrected chi connectivity index (χ1v) is 10.7. The third kappa shape index (κ3) is 4.63. The molecule has 1 aliphatic heterocycles. The van der Waals surface area contributed by atoms with E-state index in [9.17, 15) is 17.6 Å². The molecule has 28 heavy (non-hydrogen) atoms. The first kappa shape index (κ1) is 20.6. The number of sulfone groups is 1. The third-order valence-corrected chi connectivity index (χ3v) is 6.69. The van der Waals surface area contributed by atoms with Gasteiger partial charge in [0.2, 0.25) is 0 Å². The largest absolute Gasteiger partial charge is 0.496 e. The molecule has 1 aliphatic rings. The van der Waals surface area contributed by atoms with E-state index in [0.717, 1.165) is 19.0 Å². The molecule has 2 N–H and O–H groups in total. The predicted octanol–water partition coefficient (Wildman–Crippen LogP) is 3.12. The maximum atomic E-state index is 14.0. The van der Waals surface area contributed by atoms with Crippen molar-refractivity contribution >= 4 is 33.0 Å². The zero-order valence-electron chi connectivity index (χ0n) is 15.2. The lowest BCUT2D eigenvalue weighted by atomic mass is 10.1. The van der Waals surface area contributed by atoms with Crippen LogP contribution in [0.2, 0.25) is 5.02 Å². The Balaban J connectivity index is 1.88. The fraction of sp³-hybridized carbons (Fsp3) is 0.316. The molecule has 150 valence electrons. The fourth-order valence-electron chi connectivity index (χ4n) is 3.10. The van der Waals surface area contributed by atoms with E-state index in [1.165, 1.54) is 37.4 Å². The first-order valence-electron chi connectivity index (χ1n) is 8.68. The Morgan fingerprint density at radius 3 is 2.75 bits per heavy atom. The van der Waals surface area contributed by atoms with Crippen molar-refractivity contribution in [2.24, 2.45) is 5.92 Å². The lowest BCUT2D eigenvalue weighted by molar-refractivity contribution is 0.102. The lowest BCUT2D eigenvalue weighted by Gasteiger charge is -2.14. The summed E-state index contributed by atoms with van der Waals surface area (Å²) in [6.45, 7) is 1.45. The highest BCUT2D eigenvalue weighted by Gasteiger charge is 2.26. The zero-order chi connectivity index (χ0) is 20.3. The highest BCUT2D eigenvalue weighted by Crippen LogP contribution is 2.27. The number of hydrogen-bond acceptors (Lipinski definition) is 5. The number of carbonyl (C=O) groups excluding carboxylic acids is 1. The Hall–Kier alpha value is -2.16. The molecule has 1 heterocycles. The number of methoxy groups -OCH3 is 1. The molecule has 0 radical (unpaired) electrons. The van der Waals surface area contributed by atoms with E-state index in [1.807, 2.05) is 0 Å². The van der Waals surface area contributed by atoms with Crippen LogP contribution in [-0.2, 0) is 9.84 Å². The Morgan fingerprint density at radius 2 is 2.11 bits per heavy atom. The number of anilines is 1. The van der Waals surface area contributed by atoms with Crippen molar-refractivity contribution < 1.29 is 22.3 Å². The van der Waals surface area contributed by atoms with Gasteiger partial charge in [-0.15, -0.1) is 0 Å². The number of halogens is 2. The normalized spacial score (nSPS) is 16.8. The van der Waals surface area contributed by atoms with Crippen LogP contribution in [0.1, 0.15) is 16.8 Å². The summed E-state index contributed by atoms with van der Waals surface area (Å²) >= 11 is 5.72. The summed E-state index contributed by atoms with van der Waals surface area (Å²) < 4.78 is 44.6. The number of nitrogens with one attached hydrogen (secondary N) is 2. The van der Waals surface area contributed by atoms with Gasteiger partial charge in [0.05, 0.1) is 29.0 Å². The van der Waals surface area contributed by atoms with E-state index in [2.05, 4.69) is 10.6 Å². The van der Waals surface area contributed by atoms with Gasteiger partial charge in [-0.2, -0.15) is 0 Å². The minimum Gasteiger partial charge on any atom is -0.496 e. The van der Waals surface area contributed by atoms with Crippen molar-refractivity contribution in [2.45, 2.75) is 11.3 Å². The molecule has 0 spiro atoms. The summed E-state index contributed by atoms with van der Waals surface area (Å²) in [4.78, 5) is 12.7. The highest BCUT2D eigenvalue weighted by atomic mass is 35.5. The molecule has 0 aliphatic carbocycles. The van der Waals surface area contributed by atoms with Crippen molar-refractivity contribution in [3.05, 3.63) is 52.8 Å². The minimum atomic E-state index is -3.58. The van der Waals surface area contributed by atoms with Gasteiger partial charge >= 0.3 is 0 Å². The monoisotopic (exact) mass is 426 g/mol. The van der Waals surface area contributed by atoms with E-state index >= 15 is 0 Å². The Labute approximate surface area is 168 Å². The standard InChI is InChI=1S/C19H20ClFN2O4S/c1-27-18-5-3-14(28(25,26)11-12-6-7-22-10-12)9-15(18)19(24)23-17-4-2-13(20)8-16(17)21/h2-5,8-9,12,22H,6-7,10-11H2,1H3,(H,23,24)/t12-/m0/s1.